The number of thiophene rings is 1. The molecule has 0 unspecified atom stereocenters. The minimum atomic E-state index is -0.825. The second-order valence-corrected chi connectivity index (χ2v) is 12.5. The minimum Gasteiger partial charge on any atom is -0.490 e. The summed E-state index contributed by atoms with van der Waals surface area (Å²) in [4.78, 5) is 36.9. The molecule has 0 radical (unpaired) electrons. The Morgan fingerprint density at radius 1 is 1.10 bits per heavy atom. The highest BCUT2D eigenvalue weighted by Gasteiger charge is 2.30. The van der Waals surface area contributed by atoms with Gasteiger partial charge in [-0.3, -0.25) is 14.3 Å². The summed E-state index contributed by atoms with van der Waals surface area (Å²) in [6, 6.07) is 10.9. The van der Waals surface area contributed by atoms with Gasteiger partial charge in [0, 0.05) is 53.5 Å². The highest BCUT2D eigenvalue weighted by atomic mass is 32.1. The van der Waals surface area contributed by atoms with Crippen molar-refractivity contribution in [3.05, 3.63) is 94.5 Å². The Bertz CT molecular complexity index is 2310. The Balaban J connectivity index is 1.51. The molecular formula is C35H30F2N6O4S. The second kappa shape index (κ2) is 12.4. The van der Waals surface area contributed by atoms with Gasteiger partial charge in [-0.25, -0.2) is 18.7 Å². The topological polar surface area (TPSA) is 104 Å². The molecule has 2 aromatic carbocycles. The van der Waals surface area contributed by atoms with Crippen molar-refractivity contribution in [1.29, 1.82) is 0 Å². The summed E-state index contributed by atoms with van der Waals surface area (Å²) in [6.07, 6.45) is 2.76. The van der Waals surface area contributed by atoms with Crippen molar-refractivity contribution >= 4 is 38.2 Å². The molecule has 0 spiro atoms. The number of pyridine rings is 1. The number of halogens is 2. The molecule has 5 heterocycles. The molecule has 1 aliphatic rings. The fraction of sp³-hybridized carbons (Fsp3) is 0.229. The van der Waals surface area contributed by atoms with Crippen LogP contribution in [0.5, 0.6) is 5.75 Å². The van der Waals surface area contributed by atoms with E-state index in [1.165, 1.54) is 35.4 Å². The van der Waals surface area contributed by atoms with Crippen molar-refractivity contribution in [2.45, 2.75) is 26.1 Å². The number of aryl methyl sites for hydroxylation is 1. The Morgan fingerprint density at radius 3 is 2.73 bits per heavy atom. The van der Waals surface area contributed by atoms with E-state index in [0.717, 1.165) is 17.8 Å². The first-order valence-corrected chi connectivity index (χ1v) is 16.0. The van der Waals surface area contributed by atoms with Gasteiger partial charge in [-0.05, 0) is 42.6 Å². The van der Waals surface area contributed by atoms with Crippen LogP contribution in [0, 0.1) is 11.6 Å². The van der Waals surface area contributed by atoms with Crippen LogP contribution in [0.25, 0.3) is 54.8 Å². The maximum atomic E-state index is 16.1. The van der Waals surface area contributed by atoms with Crippen LogP contribution in [0.3, 0.4) is 0 Å². The van der Waals surface area contributed by atoms with Gasteiger partial charge in [0.2, 0.25) is 5.91 Å². The van der Waals surface area contributed by atoms with Gasteiger partial charge in [0.15, 0.2) is 0 Å². The standard InChI is InChI=1S/C35H30F2N6O4S/c1-5-29(44)42-17-22-15-27(40-43(22)16-19(42)2)33-31(30-25(37)13-21(36)14-28(30)47-10-9-46-4)34-23(8-11-48-34)32(39-33)20-6-7-26-24(12-20)35(45)41(3)18-38-26/h5-8,11-15,18-19H,1,9-10,16-17H2,2-4H3/t19-/m1/s1. The first-order valence-electron chi connectivity index (χ1n) is 15.2. The zero-order chi connectivity index (χ0) is 33.7. The summed E-state index contributed by atoms with van der Waals surface area (Å²) in [5.41, 5.74) is 3.48. The number of fused-ring (bicyclic) bond motifs is 3. The fourth-order valence-electron chi connectivity index (χ4n) is 6.11. The van der Waals surface area contributed by atoms with Crippen LogP contribution >= 0.6 is 11.3 Å². The zero-order valence-corrected chi connectivity index (χ0v) is 27.2. The van der Waals surface area contributed by atoms with Crippen molar-refractivity contribution in [3.8, 4) is 39.5 Å². The highest BCUT2D eigenvalue weighted by Crippen LogP contribution is 2.47. The molecular weight excluding hydrogens is 638 g/mol. The molecule has 10 nitrogen and oxygen atoms in total. The largest absolute Gasteiger partial charge is 0.490 e. The molecule has 0 saturated carbocycles. The van der Waals surface area contributed by atoms with E-state index in [2.05, 4.69) is 11.6 Å². The van der Waals surface area contributed by atoms with E-state index in [0.29, 0.717) is 62.3 Å². The lowest BCUT2D eigenvalue weighted by molar-refractivity contribution is -0.129. The Morgan fingerprint density at radius 2 is 1.94 bits per heavy atom. The van der Waals surface area contributed by atoms with Crippen molar-refractivity contribution in [2.75, 3.05) is 20.3 Å². The molecule has 6 aromatic rings. The lowest BCUT2D eigenvalue weighted by Crippen LogP contribution is -2.44. The number of ether oxygens (including phenoxy) is 2. The Labute approximate surface area is 277 Å². The van der Waals surface area contributed by atoms with Gasteiger partial charge in [0.25, 0.3) is 5.56 Å². The average Bonchev–Trinajstić information content (AvgIpc) is 3.73. The average molecular weight is 669 g/mol. The number of benzene rings is 2. The van der Waals surface area contributed by atoms with E-state index < -0.39 is 11.6 Å². The molecule has 0 saturated heterocycles. The van der Waals surface area contributed by atoms with Crippen LogP contribution in [0.15, 0.2) is 71.6 Å². The van der Waals surface area contributed by atoms with Gasteiger partial charge < -0.3 is 18.9 Å². The van der Waals surface area contributed by atoms with Gasteiger partial charge in [0.05, 0.1) is 53.9 Å². The van der Waals surface area contributed by atoms with Gasteiger partial charge in [-0.15, -0.1) is 11.3 Å². The number of nitrogens with zero attached hydrogens (tertiary/aromatic N) is 6. The number of carbonyl (C=O) groups excluding carboxylic acids is 1. The maximum Gasteiger partial charge on any atom is 0.260 e. The number of rotatable bonds is 8. The molecule has 1 amide bonds. The number of hydrogen-bond acceptors (Lipinski definition) is 8. The van der Waals surface area contributed by atoms with Crippen molar-refractivity contribution in [2.24, 2.45) is 7.05 Å². The Kier molecular flexibility index (Phi) is 8.09. The summed E-state index contributed by atoms with van der Waals surface area (Å²) in [5, 5.41) is 7.90. The van der Waals surface area contributed by atoms with Crippen LogP contribution in [-0.4, -0.2) is 61.5 Å². The SMILES string of the molecule is C=CC(=O)N1Cc2cc(-c3nc(-c4ccc5ncn(C)c(=O)c5c4)c4ccsc4c3-c3c(F)cc(F)cc3OCCOC)nn2C[C@H]1C. The smallest absolute Gasteiger partial charge is 0.260 e. The van der Waals surface area contributed by atoms with Crippen LogP contribution in [0.4, 0.5) is 8.78 Å². The predicted molar refractivity (Wildman–Crippen MR) is 180 cm³/mol. The van der Waals surface area contributed by atoms with Crippen LogP contribution < -0.4 is 10.3 Å². The molecule has 1 aliphatic heterocycles. The lowest BCUT2D eigenvalue weighted by atomic mass is 9.96. The summed E-state index contributed by atoms with van der Waals surface area (Å²) in [6.45, 7) is 6.55. The zero-order valence-electron chi connectivity index (χ0n) is 26.4. The van der Waals surface area contributed by atoms with Crippen molar-refractivity contribution < 1.29 is 23.0 Å². The molecule has 0 fully saturated rings. The molecule has 7 rings (SSSR count). The van der Waals surface area contributed by atoms with Crippen LogP contribution in [0.2, 0.25) is 0 Å². The second-order valence-electron chi connectivity index (χ2n) is 11.6. The first-order chi connectivity index (χ1) is 23.2. The first kappa shape index (κ1) is 31.3. The number of carbonyl (C=O) groups is 1. The number of amides is 1. The predicted octanol–water partition coefficient (Wildman–Crippen LogP) is 5.96. The summed E-state index contributed by atoms with van der Waals surface area (Å²) < 4.78 is 45.6. The molecule has 0 N–H and O–H groups in total. The molecule has 244 valence electrons. The molecule has 4 aromatic heterocycles. The van der Waals surface area contributed by atoms with Gasteiger partial charge >= 0.3 is 0 Å². The third kappa shape index (κ3) is 5.34. The van der Waals surface area contributed by atoms with E-state index in [-0.39, 0.29) is 42.0 Å². The maximum absolute atomic E-state index is 16.1. The van der Waals surface area contributed by atoms with E-state index >= 15 is 4.39 Å². The summed E-state index contributed by atoms with van der Waals surface area (Å²) in [5.74, 6) is -1.81. The fourth-order valence-corrected chi connectivity index (χ4v) is 7.06. The van der Waals surface area contributed by atoms with Crippen LogP contribution in [-0.2, 0) is 29.7 Å². The normalized spacial score (nSPS) is 14.4. The third-order valence-corrected chi connectivity index (χ3v) is 9.41. The third-order valence-electron chi connectivity index (χ3n) is 8.48. The van der Waals surface area contributed by atoms with Crippen LogP contribution in [0.1, 0.15) is 12.6 Å². The quantitative estimate of drug-likeness (QED) is 0.146. The van der Waals surface area contributed by atoms with Gasteiger partial charge in [-0.2, -0.15) is 5.10 Å². The molecule has 0 bridgehead atoms. The number of hydrogen-bond donors (Lipinski definition) is 0. The van der Waals surface area contributed by atoms with E-state index in [1.807, 2.05) is 35.2 Å². The van der Waals surface area contributed by atoms with Crippen molar-refractivity contribution in [1.82, 2.24) is 29.2 Å². The molecule has 0 aliphatic carbocycles. The monoisotopic (exact) mass is 668 g/mol. The summed E-state index contributed by atoms with van der Waals surface area (Å²) in [7, 11) is 3.15. The van der Waals surface area contributed by atoms with Crippen molar-refractivity contribution in [3.63, 3.8) is 0 Å². The molecule has 13 heteroatoms. The minimum absolute atomic E-state index is 0.00400. The summed E-state index contributed by atoms with van der Waals surface area (Å²) >= 11 is 1.37. The van der Waals surface area contributed by atoms with E-state index in [9.17, 15) is 14.0 Å². The highest BCUT2D eigenvalue weighted by molar-refractivity contribution is 7.18. The Hall–Kier alpha value is -5.27. The van der Waals surface area contributed by atoms with Gasteiger partial charge in [0.1, 0.15) is 35.4 Å². The number of aromatic nitrogens is 5. The van der Waals surface area contributed by atoms with E-state index in [1.54, 1.807) is 24.1 Å². The molecule has 48 heavy (non-hydrogen) atoms. The number of methoxy groups -OCH3 is 1. The van der Waals surface area contributed by atoms with E-state index in [4.69, 9.17) is 19.6 Å². The van der Waals surface area contributed by atoms with Gasteiger partial charge in [-0.1, -0.05) is 12.6 Å². The lowest BCUT2D eigenvalue weighted by Gasteiger charge is -2.33. The molecule has 1 atom stereocenters.